The lowest BCUT2D eigenvalue weighted by Gasteiger charge is -2.41. The van der Waals surface area contributed by atoms with Crippen LogP contribution < -0.4 is 4.74 Å². The van der Waals surface area contributed by atoms with E-state index in [1.807, 2.05) is 18.2 Å². The van der Waals surface area contributed by atoms with Gasteiger partial charge in [0, 0.05) is 45.4 Å². The standard InChI is InChI=1S/C22H27F3N2O2/c1-29-21-4-2-3-18(13-21)15-27-11-10-26(16-20(27)9-12-28)14-17-5-7-19(8-6-17)22(23,24)25/h2-8,13,20,28H,9-12,14-16H2,1H3/t20-/m0/s1. The molecule has 1 aliphatic rings. The number of nitrogens with zero attached hydrogens (tertiary/aromatic N) is 2. The number of piperazine rings is 1. The summed E-state index contributed by atoms with van der Waals surface area (Å²) in [6, 6.07) is 13.5. The lowest BCUT2D eigenvalue weighted by Crippen LogP contribution is -2.52. The highest BCUT2D eigenvalue weighted by molar-refractivity contribution is 5.28. The van der Waals surface area contributed by atoms with Gasteiger partial charge in [-0.15, -0.1) is 0 Å². The van der Waals surface area contributed by atoms with Crippen LogP contribution >= 0.6 is 0 Å². The van der Waals surface area contributed by atoms with Gasteiger partial charge in [-0.1, -0.05) is 24.3 Å². The van der Waals surface area contributed by atoms with E-state index >= 15 is 0 Å². The number of rotatable bonds is 7. The first-order valence-electron chi connectivity index (χ1n) is 9.75. The van der Waals surface area contributed by atoms with Gasteiger partial charge in [-0.25, -0.2) is 0 Å². The van der Waals surface area contributed by atoms with Crippen molar-refractivity contribution in [1.29, 1.82) is 0 Å². The van der Waals surface area contributed by atoms with Gasteiger partial charge in [-0.2, -0.15) is 13.2 Å². The zero-order valence-electron chi connectivity index (χ0n) is 16.5. The van der Waals surface area contributed by atoms with E-state index in [0.717, 1.165) is 55.2 Å². The molecule has 0 unspecified atom stereocenters. The average molecular weight is 408 g/mol. The van der Waals surface area contributed by atoms with Crippen molar-refractivity contribution in [2.24, 2.45) is 0 Å². The molecule has 29 heavy (non-hydrogen) atoms. The second-order valence-corrected chi connectivity index (χ2v) is 7.42. The second kappa shape index (κ2) is 9.61. The lowest BCUT2D eigenvalue weighted by molar-refractivity contribution is -0.137. The minimum Gasteiger partial charge on any atom is -0.497 e. The molecule has 0 bridgehead atoms. The number of aliphatic hydroxyl groups excluding tert-OH is 1. The molecule has 1 aliphatic heterocycles. The maximum Gasteiger partial charge on any atom is 0.416 e. The van der Waals surface area contributed by atoms with E-state index in [1.54, 1.807) is 19.2 Å². The van der Waals surface area contributed by atoms with Crippen molar-refractivity contribution in [1.82, 2.24) is 9.80 Å². The Balaban J connectivity index is 1.62. The molecule has 0 saturated carbocycles. The molecule has 1 atom stereocenters. The summed E-state index contributed by atoms with van der Waals surface area (Å²) in [7, 11) is 1.65. The van der Waals surface area contributed by atoms with E-state index < -0.39 is 11.7 Å². The van der Waals surface area contributed by atoms with Crippen LogP contribution in [0.4, 0.5) is 13.2 Å². The number of aliphatic hydroxyl groups is 1. The Morgan fingerprint density at radius 2 is 1.79 bits per heavy atom. The van der Waals surface area contributed by atoms with Crippen molar-refractivity contribution >= 4 is 0 Å². The van der Waals surface area contributed by atoms with Crippen LogP contribution in [0.5, 0.6) is 5.75 Å². The van der Waals surface area contributed by atoms with E-state index in [0.29, 0.717) is 13.0 Å². The average Bonchev–Trinajstić information content (AvgIpc) is 2.70. The number of halogens is 3. The molecule has 0 aromatic heterocycles. The fraction of sp³-hybridized carbons (Fsp3) is 0.455. The third-order valence-electron chi connectivity index (χ3n) is 5.36. The molecule has 4 nitrogen and oxygen atoms in total. The molecule has 1 fully saturated rings. The normalized spacial score (nSPS) is 18.7. The molecule has 2 aromatic carbocycles. The van der Waals surface area contributed by atoms with Crippen molar-refractivity contribution in [3.8, 4) is 5.75 Å². The molecule has 0 radical (unpaired) electrons. The molecule has 0 spiro atoms. The molecule has 1 saturated heterocycles. The molecule has 0 aliphatic carbocycles. The Hall–Kier alpha value is -2.09. The van der Waals surface area contributed by atoms with E-state index in [2.05, 4.69) is 15.9 Å². The SMILES string of the molecule is COc1cccc(CN2CCN(Cc3ccc(C(F)(F)F)cc3)C[C@@H]2CCO)c1. The first-order chi connectivity index (χ1) is 13.9. The third kappa shape index (κ3) is 5.95. The number of alkyl halides is 3. The van der Waals surface area contributed by atoms with Gasteiger partial charge in [-0.05, 0) is 41.8 Å². The zero-order chi connectivity index (χ0) is 20.9. The van der Waals surface area contributed by atoms with Crippen molar-refractivity contribution in [2.75, 3.05) is 33.4 Å². The molecule has 3 rings (SSSR count). The first-order valence-corrected chi connectivity index (χ1v) is 9.75. The summed E-state index contributed by atoms with van der Waals surface area (Å²) in [5, 5.41) is 9.50. The first kappa shape index (κ1) is 21.6. The smallest absolute Gasteiger partial charge is 0.416 e. The van der Waals surface area contributed by atoms with Crippen LogP contribution in [0.3, 0.4) is 0 Å². The second-order valence-electron chi connectivity index (χ2n) is 7.42. The molecule has 0 amide bonds. The van der Waals surface area contributed by atoms with Gasteiger partial charge in [0.1, 0.15) is 5.75 Å². The summed E-state index contributed by atoms with van der Waals surface area (Å²) in [4.78, 5) is 4.60. The summed E-state index contributed by atoms with van der Waals surface area (Å²) in [5.74, 6) is 0.821. The molecule has 7 heteroatoms. The molecular weight excluding hydrogens is 381 g/mol. The number of benzene rings is 2. The van der Waals surface area contributed by atoms with Gasteiger partial charge >= 0.3 is 6.18 Å². The van der Waals surface area contributed by atoms with Crippen LogP contribution in [0.25, 0.3) is 0 Å². The van der Waals surface area contributed by atoms with Gasteiger partial charge < -0.3 is 9.84 Å². The summed E-state index contributed by atoms with van der Waals surface area (Å²) < 4.78 is 43.5. The quantitative estimate of drug-likeness (QED) is 0.757. The molecule has 2 aromatic rings. The van der Waals surface area contributed by atoms with Gasteiger partial charge in [0.25, 0.3) is 0 Å². The van der Waals surface area contributed by atoms with Gasteiger partial charge in [0.05, 0.1) is 12.7 Å². The minimum absolute atomic E-state index is 0.105. The highest BCUT2D eigenvalue weighted by Gasteiger charge is 2.30. The van der Waals surface area contributed by atoms with Crippen LogP contribution in [0, 0.1) is 0 Å². The highest BCUT2D eigenvalue weighted by Crippen LogP contribution is 2.29. The predicted molar refractivity (Wildman–Crippen MR) is 106 cm³/mol. The summed E-state index contributed by atoms with van der Waals surface area (Å²) in [6.45, 7) is 3.91. The monoisotopic (exact) mass is 408 g/mol. The van der Waals surface area contributed by atoms with Crippen LogP contribution in [0.15, 0.2) is 48.5 Å². The number of ether oxygens (including phenoxy) is 1. The van der Waals surface area contributed by atoms with Crippen LogP contribution in [-0.4, -0.2) is 54.3 Å². The number of hydrogen-bond donors (Lipinski definition) is 1. The van der Waals surface area contributed by atoms with E-state index in [9.17, 15) is 18.3 Å². The van der Waals surface area contributed by atoms with E-state index in [-0.39, 0.29) is 12.6 Å². The summed E-state index contributed by atoms with van der Waals surface area (Å²) in [6.07, 6.45) is -3.65. The fourth-order valence-corrected chi connectivity index (χ4v) is 3.79. The van der Waals surface area contributed by atoms with Crippen LogP contribution in [0.1, 0.15) is 23.1 Å². The van der Waals surface area contributed by atoms with Gasteiger partial charge in [-0.3, -0.25) is 9.80 Å². The largest absolute Gasteiger partial charge is 0.497 e. The summed E-state index contributed by atoms with van der Waals surface area (Å²) >= 11 is 0. The van der Waals surface area contributed by atoms with Crippen molar-refractivity contribution in [3.63, 3.8) is 0 Å². The van der Waals surface area contributed by atoms with E-state index in [4.69, 9.17) is 4.74 Å². The topological polar surface area (TPSA) is 35.9 Å². The summed E-state index contributed by atoms with van der Waals surface area (Å²) in [5.41, 5.74) is 1.40. The number of hydrogen-bond acceptors (Lipinski definition) is 4. The van der Waals surface area contributed by atoms with Crippen LogP contribution in [-0.2, 0) is 19.3 Å². The molecule has 1 heterocycles. The molecule has 158 valence electrons. The van der Waals surface area contributed by atoms with E-state index in [1.165, 1.54) is 0 Å². The highest BCUT2D eigenvalue weighted by atomic mass is 19.4. The Bertz CT molecular complexity index is 780. The maximum absolute atomic E-state index is 12.7. The number of methoxy groups -OCH3 is 1. The van der Waals surface area contributed by atoms with Crippen LogP contribution in [0.2, 0.25) is 0 Å². The molecular formula is C22H27F3N2O2. The fourth-order valence-electron chi connectivity index (χ4n) is 3.79. The minimum atomic E-state index is -4.31. The Kier molecular flexibility index (Phi) is 7.16. The van der Waals surface area contributed by atoms with Crippen molar-refractivity contribution in [3.05, 3.63) is 65.2 Å². The third-order valence-corrected chi connectivity index (χ3v) is 5.36. The maximum atomic E-state index is 12.7. The van der Waals surface area contributed by atoms with Gasteiger partial charge in [0.2, 0.25) is 0 Å². The van der Waals surface area contributed by atoms with Crippen molar-refractivity contribution < 1.29 is 23.0 Å². The molecule has 1 N–H and O–H groups in total. The van der Waals surface area contributed by atoms with Crippen molar-refractivity contribution in [2.45, 2.75) is 31.7 Å². The lowest BCUT2D eigenvalue weighted by atomic mass is 10.1. The Morgan fingerprint density at radius 3 is 2.45 bits per heavy atom. The van der Waals surface area contributed by atoms with Gasteiger partial charge in [0.15, 0.2) is 0 Å². The predicted octanol–water partition coefficient (Wildman–Crippen LogP) is 3.78. The Labute approximate surface area is 169 Å². The zero-order valence-corrected chi connectivity index (χ0v) is 16.5. The Morgan fingerprint density at radius 1 is 1.03 bits per heavy atom.